The number of ketones is 1. The highest BCUT2D eigenvalue weighted by Crippen LogP contribution is 2.45. The molecule has 0 aliphatic carbocycles. The number of carboxylic acids is 1. The second kappa shape index (κ2) is 10.3. The molecule has 3 aromatic rings. The van der Waals surface area contributed by atoms with Gasteiger partial charge in [-0.3, -0.25) is 4.79 Å². The quantitative estimate of drug-likeness (QED) is 0.421. The number of fused-ring (bicyclic) bond motifs is 1. The zero-order valence-corrected chi connectivity index (χ0v) is 20.5. The molecule has 0 bridgehead atoms. The van der Waals surface area contributed by atoms with Crippen molar-refractivity contribution in [1.82, 2.24) is 0 Å². The van der Waals surface area contributed by atoms with Gasteiger partial charge in [-0.25, -0.2) is 4.79 Å². The highest BCUT2D eigenvalue weighted by atomic mass is 16.5. The van der Waals surface area contributed by atoms with Crippen LogP contribution in [0.3, 0.4) is 0 Å². The van der Waals surface area contributed by atoms with E-state index >= 15 is 0 Å². The first-order valence-electron chi connectivity index (χ1n) is 11.8. The van der Waals surface area contributed by atoms with Crippen LogP contribution >= 0.6 is 0 Å². The van der Waals surface area contributed by atoms with Gasteiger partial charge in [-0.1, -0.05) is 60.2 Å². The molecule has 1 N–H and O–H groups in total. The highest BCUT2D eigenvalue weighted by molar-refractivity contribution is 6.03. The van der Waals surface area contributed by atoms with E-state index in [2.05, 4.69) is 11.8 Å². The average molecular weight is 474 g/mol. The van der Waals surface area contributed by atoms with Crippen LogP contribution in [-0.4, -0.2) is 36.1 Å². The first kappa shape index (κ1) is 24.5. The molecule has 6 heteroatoms. The summed E-state index contributed by atoms with van der Waals surface area (Å²) in [5.41, 5.74) is 5.85. The summed E-state index contributed by atoms with van der Waals surface area (Å²) in [6, 6.07) is 21.6. The Kier molecular flexibility index (Phi) is 7.22. The number of Topliss-reactive ketones (excluding diaryl/α,β-unsaturated/α-hetero) is 1. The maximum Gasteiger partial charge on any atom is 0.332 e. The predicted octanol–water partition coefficient (Wildman–Crippen LogP) is 5.37. The van der Waals surface area contributed by atoms with E-state index in [1.165, 1.54) is 6.92 Å². The maximum absolute atomic E-state index is 13.6. The number of benzene rings is 3. The zero-order valence-electron chi connectivity index (χ0n) is 20.5. The lowest BCUT2D eigenvalue weighted by molar-refractivity contribution is -0.149. The van der Waals surface area contributed by atoms with Crippen LogP contribution in [0.15, 0.2) is 66.7 Å². The third-order valence-electron chi connectivity index (χ3n) is 6.70. The molecule has 4 rings (SSSR count). The molecule has 6 nitrogen and oxygen atoms in total. The smallest absolute Gasteiger partial charge is 0.332 e. The molecule has 0 saturated heterocycles. The summed E-state index contributed by atoms with van der Waals surface area (Å²) in [4.78, 5) is 26.8. The van der Waals surface area contributed by atoms with Crippen LogP contribution < -0.4 is 9.64 Å². The number of hydrogen-bond acceptors (Lipinski definition) is 5. The lowest BCUT2D eigenvalue weighted by Crippen LogP contribution is -2.33. The lowest BCUT2D eigenvalue weighted by Gasteiger charge is -2.27. The third kappa shape index (κ3) is 5.23. The fourth-order valence-electron chi connectivity index (χ4n) is 4.54. The van der Waals surface area contributed by atoms with Gasteiger partial charge in [-0.15, -0.1) is 0 Å². The van der Waals surface area contributed by atoms with Gasteiger partial charge in [0.05, 0.1) is 19.6 Å². The first-order chi connectivity index (χ1) is 16.8. The molecular formula is C29H31NO5. The number of rotatable bonds is 9. The van der Waals surface area contributed by atoms with Crippen molar-refractivity contribution in [2.45, 2.75) is 52.0 Å². The summed E-state index contributed by atoms with van der Waals surface area (Å²) >= 11 is 0. The van der Waals surface area contributed by atoms with Crippen LogP contribution in [0.2, 0.25) is 0 Å². The number of methoxy groups -OCH3 is 1. The minimum atomic E-state index is -0.978. The van der Waals surface area contributed by atoms with Crippen LogP contribution in [0.25, 0.3) is 0 Å². The summed E-state index contributed by atoms with van der Waals surface area (Å²) in [6.07, 6.45) is -0.852. The largest absolute Gasteiger partial charge is 0.497 e. The Bertz CT molecular complexity index is 1200. The fourth-order valence-corrected chi connectivity index (χ4v) is 4.54. The molecule has 0 fully saturated rings. The average Bonchev–Trinajstić information content (AvgIpc) is 3.13. The molecule has 0 radical (unpaired) electrons. The fraction of sp³-hybridized carbons (Fsp3) is 0.310. The van der Waals surface area contributed by atoms with Crippen LogP contribution in [0.5, 0.6) is 5.75 Å². The molecule has 1 heterocycles. The van der Waals surface area contributed by atoms with Crippen LogP contribution in [0, 0.1) is 6.92 Å². The number of nitrogens with zero attached hydrogens (tertiary/aromatic N) is 1. The Morgan fingerprint density at radius 3 is 2.29 bits per heavy atom. The normalized spacial score (nSPS) is 17.7. The summed E-state index contributed by atoms with van der Waals surface area (Å²) in [6.45, 7) is 6.50. The SMILES string of the molecule is COc1ccc2c(c1)N(Cc1ccc(CO[C@H](C)C(=O)O)cc1)C(C)C2C(=O)c1ccc(C)cc1. The Morgan fingerprint density at radius 1 is 1.00 bits per heavy atom. The number of aryl methyl sites for hydroxylation is 1. The number of carbonyl (C=O) groups excluding carboxylic acids is 1. The molecule has 3 atom stereocenters. The lowest BCUT2D eigenvalue weighted by atomic mass is 9.87. The summed E-state index contributed by atoms with van der Waals surface area (Å²) in [7, 11) is 1.64. The van der Waals surface area contributed by atoms with Gasteiger partial charge in [0.2, 0.25) is 0 Å². The number of anilines is 1. The topological polar surface area (TPSA) is 76.1 Å². The molecule has 1 aliphatic rings. The number of ether oxygens (including phenoxy) is 2. The molecule has 0 aromatic heterocycles. The summed E-state index contributed by atoms with van der Waals surface area (Å²) in [5.74, 6) is -0.381. The zero-order chi connectivity index (χ0) is 25.1. The van der Waals surface area contributed by atoms with Gasteiger partial charge in [0.25, 0.3) is 0 Å². The van der Waals surface area contributed by atoms with Gasteiger partial charge < -0.3 is 19.5 Å². The van der Waals surface area contributed by atoms with E-state index in [1.807, 2.05) is 73.7 Å². The maximum atomic E-state index is 13.6. The van der Waals surface area contributed by atoms with Crippen molar-refractivity contribution in [3.05, 3.63) is 94.5 Å². The van der Waals surface area contributed by atoms with Gasteiger partial charge >= 0.3 is 5.97 Å². The van der Waals surface area contributed by atoms with Crippen LogP contribution in [-0.2, 0) is 22.7 Å². The van der Waals surface area contributed by atoms with Gasteiger partial charge in [-0.05, 0) is 43.5 Å². The van der Waals surface area contributed by atoms with Crippen molar-refractivity contribution in [3.63, 3.8) is 0 Å². The van der Waals surface area contributed by atoms with E-state index in [0.717, 1.165) is 39.3 Å². The Morgan fingerprint density at radius 2 is 1.66 bits per heavy atom. The standard InChI is InChI=1S/C29H31NO5/c1-18-5-11-23(12-6-18)28(31)27-19(2)30(26-15-24(34-4)13-14-25(26)27)16-21-7-9-22(10-8-21)17-35-20(3)29(32)33/h5-15,19-20,27H,16-17H2,1-4H3,(H,32,33)/t19?,20-,27?/m1/s1. The first-order valence-corrected chi connectivity index (χ1v) is 11.8. The Labute approximate surface area is 206 Å². The van der Waals surface area contributed by atoms with E-state index in [4.69, 9.17) is 14.6 Å². The predicted molar refractivity (Wildman–Crippen MR) is 135 cm³/mol. The van der Waals surface area contributed by atoms with E-state index in [9.17, 15) is 9.59 Å². The van der Waals surface area contributed by atoms with Crippen LogP contribution in [0.4, 0.5) is 5.69 Å². The molecule has 35 heavy (non-hydrogen) atoms. The van der Waals surface area contributed by atoms with Gasteiger partial charge in [-0.2, -0.15) is 0 Å². The molecule has 2 unspecified atom stereocenters. The monoisotopic (exact) mass is 473 g/mol. The number of hydrogen-bond donors (Lipinski definition) is 1. The number of aliphatic carboxylic acids is 1. The number of carbonyl (C=O) groups is 2. The van der Waals surface area contributed by atoms with Crippen molar-refractivity contribution in [2.75, 3.05) is 12.0 Å². The van der Waals surface area contributed by atoms with Crippen molar-refractivity contribution >= 4 is 17.4 Å². The van der Waals surface area contributed by atoms with Crippen molar-refractivity contribution in [3.8, 4) is 5.75 Å². The van der Waals surface area contributed by atoms with E-state index in [1.54, 1.807) is 7.11 Å². The van der Waals surface area contributed by atoms with E-state index < -0.39 is 12.1 Å². The van der Waals surface area contributed by atoms with Crippen LogP contribution in [0.1, 0.15) is 52.4 Å². The molecule has 0 spiro atoms. The second-order valence-electron chi connectivity index (χ2n) is 9.11. The van der Waals surface area contributed by atoms with Crippen molar-refractivity contribution in [2.24, 2.45) is 0 Å². The molecule has 3 aromatic carbocycles. The molecule has 182 valence electrons. The Hall–Kier alpha value is -3.64. The molecular weight excluding hydrogens is 442 g/mol. The van der Waals surface area contributed by atoms with Crippen molar-refractivity contribution < 1.29 is 24.2 Å². The van der Waals surface area contributed by atoms with Crippen molar-refractivity contribution in [1.29, 1.82) is 0 Å². The Balaban J connectivity index is 1.57. The molecule has 0 amide bonds. The molecule has 0 saturated carbocycles. The minimum Gasteiger partial charge on any atom is -0.497 e. The van der Waals surface area contributed by atoms with E-state index in [0.29, 0.717) is 6.54 Å². The minimum absolute atomic E-state index is 0.0367. The number of carboxylic acid groups (broad SMARTS) is 1. The third-order valence-corrected chi connectivity index (χ3v) is 6.70. The molecule has 1 aliphatic heterocycles. The summed E-state index contributed by atoms with van der Waals surface area (Å²) < 4.78 is 10.9. The van der Waals surface area contributed by atoms with Gasteiger partial charge in [0.1, 0.15) is 5.75 Å². The van der Waals surface area contributed by atoms with Gasteiger partial charge in [0.15, 0.2) is 11.9 Å². The van der Waals surface area contributed by atoms with E-state index in [-0.39, 0.29) is 24.3 Å². The van der Waals surface area contributed by atoms with Gasteiger partial charge in [0, 0.05) is 29.9 Å². The second-order valence-corrected chi connectivity index (χ2v) is 9.11. The summed E-state index contributed by atoms with van der Waals surface area (Å²) in [5, 5.41) is 8.99. The highest BCUT2D eigenvalue weighted by Gasteiger charge is 2.40.